The molecule has 1 aromatic carbocycles. The number of ether oxygens (including phenoxy) is 2. The SMILES string of the molecule is CN(Cc1ccc(Cl)s1)C(=O)COc1ccc(Oc2ccccn2)cc1. The van der Waals surface area contributed by atoms with Crippen molar-refractivity contribution >= 4 is 28.8 Å². The molecule has 0 bridgehead atoms. The fourth-order valence-electron chi connectivity index (χ4n) is 2.15. The zero-order valence-corrected chi connectivity index (χ0v) is 15.7. The summed E-state index contributed by atoms with van der Waals surface area (Å²) in [4.78, 5) is 18.9. The number of rotatable bonds is 7. The van der Waals surface area contributed by atoms with Crippen LogP contribution in [0.4, 0.5) is 0 Å². The first-order chi connectivity index (χ1) is 12.6. The first kappa shape index (κ1) is 18.2. The van der Waals surface area contributed by atoms with Gasteiger partial charge in [0.1, 0.15) is 11.5 Å². The molecule has 0 radical (unpaired) electrons. The van der Waals surface area contributed by atoms with Crippen molar-refractivity contribution in [1.29, 1.82) is 0 Å². The van der Waals surface area contributed by atoms with Gasteiger partial charge in [0, 0.05) is 24.2 Å². The largest absolute Gasteiger partial charge is 0.484 e. The molecule has 1 amide bonds. The smallest absolute Gasteiger partial charge is 0.260 e. The molecule has 0 aliphatic rings. The predicted molar refractivity (Wildman–Crippen MR) is 102 cm³/mol. The fourth-order valence-corrected chi connectivity index (χ4v) is 3.29. The molecule has 0 aliphatic heterocycles. The standard InChI is InChI=1S/C19H17ClN2O3S/c1-22(12-16-9-10-17(20)26-16)19(23)13-24-14-5-7-15(8-6-14)25-18-4-2-3-11-21-18/h2-11H,12-13H2,1H3. The van der Waals surface area contributed by atoms with Crippen molar-refractivity contribution in [3.05, 3.63) is 70.0 Å². The van der Waals surface area contributed by atoms with Crippen LogP contribution in [0.3, 0.4) is 0 Å². The third-order valence-electron chi connectivity index (χ3n) is 3.49. The molecule has 0 unspecified atom stereocenters. The zero-order chi connectivity index (χ0) is 18.4. The van der Waals surface area contributed by atoms with Crippen LogP contribution in [-0.4, -0.2) is 29.4 Å². The molecule has 0 spiro atoms. The summed E-state index contributed by atoms with van der Waals surface area (Å²) in [6.07, 6.45) is 1.67. The molecule has 3 aromatic rings. The number of carbonyl (C=O) groups excluding carboxylic acids is 1. The van der Waals surface area contributed by atoms with E-state index in [9.17, 15) is 4.79 Å². The highest BCUT2D eigenvalue weighted by Gasteiger charge is 2.11. The van der Waals surface area contributed by atoms with E-state index >= 15 is 0 Å². The highest BCUT2D eigenvalue weighted by atomic mass is 35.5. The monoisotopic (exact) mass is 388 g/mol. The van der Waals surface area contributed by atoms with E-state index in [4.69, 9.17) is 21.1 Å². The summed E-state index contributed by atoms with van der Waals surface area (Å²) in [5, 5.41) is 0. The van der Waals surface area contributed by atoms with E-state index in [-0.39, 0.29) is 12.5 Å². The van der Waals surface area contributed by atoms with Crippen LogP contribution in [0.15, 0.2) is 60.8 Å². The van der Waals surface area contributed by atoms with E-state index in [2.05, 4.69) is 4.98 Å². The Hall–Kier alpha value is -2.57. The number of hydrogen-bond donors (Lipinski definition) is 0. The predicted octanol–water partition coefficient (Wildman–Crippen LogP) is 4.63. The number of thiophene rings is 1. The normalized spacial score (nSPS) is 10.4. The highest BCUT2D eigenvalue weighted by Crippen LogP contribution is 2.23. The van der Waals surface area contributed by atoms with Crippen molar-refractivity contribution in [2.45, 2.75) is 6.54 Å². The van der Waals surface area contributed by atoms with E-state index in [1.54, 1.807) is 48.5 Å². The van der Waals surface area contributed by atoms with Crippen molar-refractivity contribution in [3.63, 3.8) is 0 Å². The Morgan fingerprint density at radius 1 is 1.12 bits per heavy atom. The van der Waals surface area contributed by atoms with Crippen molar-refractivity contribution < 1.29 is 14.3 Å². The number of aromatic nitrogens is 1. The number of halogens is 1. The lowest BCUT2D eigenvalue weighted by Gasteiger charge is -2.16. The molecule has 0 fully saturated rings. The Kier molecular flexibility index (Phi) is 6.09. The van der Waals surface area contributed by atoms with Gasteiger partial charge < -0.3 is 14.4 Å². The van der Waals surface area contributed by atoms with E-state index in [1.807, 2.05) is 24.3 Å². The van der Waals surface area contributed by atoms with Gasteiger partial charge in [0.2, 0.25) is 5.88 Å². The van der Waals surface area contributed by atoms with Gasteiger partial charge in [0.05, 0.1) is 10.9 Å². The Balaban J connectivity index is 1.48. The summed E-state index contributed by atoms with van der Waals surface area (Å²) >= 11 is 7.37. The molecule has 0 N–H and O–H groups in total. The van der Waals surface area contributed by atoms with E-state index in [0.717, 1.165) is 4.88 Å². The average molecular weight is 389 g/mol. The fraction of sp³-hybridized carbons (Fsp3) is 0.158. The molecular formula is C19H17ClN2O3S. The van der Waals surface area contributed by atoms with Crippen LogP contribution < -0.4 is 9.47 Å². The maximum absolute atomic E-state index is 12.2. The second-order valence-electron chi connectivity index (χ2n) is 5.49. The molecule has 0 saturated carbocycles. The topological polar surface area (TPSA) is 51.7 Å². The van der Waals surface area contributed by atoms with Gasteiger partial charge in [-0.15, -0.1) is 11.3 Å². The lowest BCUT2D eigenvalue weighted by Crippen LogP contribution is -2.30. The summed E-state index contributed by atoms with van der Waals surface area (Å²) in [7, 11) is 1.74. The number of nitrogens with zero attached hydrogens (tertiary/aromatic N) is 2. The van der Waals surface area contributed by atoms with Gasteiger partial charge in [0.25, 0.3) is 5.91 Å². The number of amides is 1. The Labute approximate surface area is 160 Å². The van der Waals surface area contributed by atoms with Gasteiger partial charge in [-0.3, -0.25) is 4.79 Å². The number of pyridine rings is 1. The number of benzene rings is 1. The van der Waals surface area contributed by atoms with Gasteiger partial charge in [-0.2, -0.15) is 0 Å². The first-order valence-corrected chi connectivity index (χ1v) is 9.09. The second kappa shape index (κ2) is 8.69. The molecule has 26 heavy (non-hydrogen) atoms. The summed E-state index contributed by atoms with van der Waals surface area (Å²) in [5.74, 6) is 1.66. The van der Waals surface area contributed by atoms with Crippen LogP contribution in [0, 0.1) is 0 Å². The zero-order valence-electron chi connectivity index (χ0n) is 14.1. The third kappa shape index (κ3) is 5.21. The van der Waals surface area contributed by atoms with Gasteiger partial charge >= 0.3 is 0 Å². The van der Waals surface area contributed by atoms with Crippen LogP contribution >= 0.6 is 22.9 Å². The Morgan fingerprint density at radius 3 is 2.54 bits per heavy atom. The lowest BCUT2D eigenvalue weighted by molar-refractivity contribution is -0.132. The van der Waals surface area contributed by atoms with Crippen LogP contribution in [-0.2, 0) is 11.3 Å². The van der Waals surface area contributed by atoms with Gasteiger partial charge in [-0.1, -0.05) is 17.7 Å². The van der Waals surface area contributed by atoms with Gasteiger partial charge in [0.15, 0.2) is 6.61 Å². The van der Waals surface area contributed by atoms with Crippen molar-refractivity contribution in [2.75, 3.05) is 13.7 Å². The molecule has 7 heteroatoms. The average Bonchev–Trinajstić information content (AvgIpc) is 3.06. The number of likely N-dealkylation sites (N-methyl/N-ethyl adjacent to an activating group) is 1. The third-order valence-corrected chi connectivity index (χ3v) is 4.71. The highest BCUT2D eigenvalue weighted by molar-refractivity contribution is 7.16. The minimum Gasteiger partial charge on any atom is -0.484 e. The van der Waals surface area contributed by atoms with E-state index in [0.29, 0.717) is 28.3 Å². The second-order valence-corrected chi connectivity index (χ2v) is 7.29. The van der Waals surface area contributed by atoms with Crippen molar-refractivity contribution in [1.82, 2.24) is 9.88 Å². The van der Waals surface area contributed by atoms with Crippen LogP contribution in [0.5, 0.6) is 17.4 Å². The molecule has 0 aliphatic carbocycles. The summed E-state index contributed by atoms with van der Waals surface area (Å²) in [6, 6.07) is 16.2. The summed E-state index contributed by atoms with van der Waals surface area (Å²) in [5.41, 5.74) is 0. The maximum atomic E-state index is 12.2. The Morgan fingerprint density at radius 2 is 1.88 bits per heavy atom. The van der Waals surface area contributed by atoms with E-state index < -0.39 is 0 Å². The van der Waals surface area contributed by atoms with Gasteiger partial charge in [-0.05, 0) is 42.5 Å². The number of carbonyl (C=O) groups is 1. The molecule has 0 saturated heterocycles. The number of hydrogen-bond acceptors (Lipinski definition) is 5. The molecule has 2 heterocycles. The van der Waals surface area contributed by atoms with Crippen LogP contribution in [0.1, 0.15) is 4.88 Å². The first-order valence-electron chi connectivity index (χ1n) is 7.90. The van der Waals surface area contributed by atoms with Gasteiger partial charge in [-0.25, -0.2) is 4.98 Å². The molecule has 0 atom stereocenters. The quantitative estimate of drug-likeness (QED) is 0.592. The maximum Gasteiger partial charge on any atom is 0.260 e. The molecule has 134 valence electrons. The summed E-state index contributed by atoms with van der Waals surface area (Å²) in [6.45, 7) is 0.479. The van der Waals surface area contributed by atoms with Crippen molar-refractivity contribution in [2.24, 2.45) is 0 Å². The van der Waals surface area contributed by atoms with Crippen molar-refractivity contribution in [3.8, 4) is 17.4 Å². The van der Waals surface area contributed by atoms with E-state index in [1.165, 1.54) is 11.3 Å². The lowest BCUT2D eigenvalue weighted by atomic mass is 10.3. The van der Waals surface area contributed by atoms with Crippen LogP contribution in [0.2, 0.25) is 4.34 Å². The summed E-state index contributed by atoms with van der Waals surface area (Å²) < 4.78 is 11.9. The molecule has 5 nitrogen and oxygen atoms in total. The molecular weight excluding hydrogens is 372 g/mol. The minimum atomic E-state index is -0.108. The molecule has 3 rings (SSSR count). The van der Waals surface area contributed by atoms with Crippen LogP contribution in [0.25, 0.3) is 0 Å². The Bertz CT molecular complexity index is 853. The molecule has 2 aromatic heterocycles. The minimum absolute atomic E-state index is 0.0317.